The molecule has 5 nitrogen and oxygen atoms in total. The third-order valence-electron chi connectivity index (χ3n) is 4.61. The Morgan fingerprint density at radius 1 is 0.903 bits per heavy atom. The molecule has 0 radical (unpaired) electrons. The number of carbonyl (C=O) groups is 1. The minimum absolute atomic E-state index is 0.0152. The van der Waals surface area contributed by atoms with Gasteiger partial charge in [-0.2, -0.15) is 4.31 Å². The van der Waals surface area contributed by atoms with Crippen LogP contribution in [0.2, 0.25) is 15.1 Å². The molecule has 31 heavy (non-hydrogen) atoms. The van der Waals surface area contributed by atoms with Gasteiger partial charge in [0.1, 0.15) is 0 Å². The number of hydrogen-bond acceptors (Lipinski definition) is 3. The SMILES string of the molecule is Cc1ccccc1CN(CC(=O)Nc1c(Cl)cccc1Cl)S(=O)(=O)c1ccc(Cl)cc1. The van der Waals surface area contributed by atoms with Gasteiger partial charge >= 0.3 is 0 Å². The van der Waals surface area contributed by atoms with Gasteiger partial charge in [0.15, 0.2) is 0 Å². The zero-order valence-electron chi connectivity index (χ0n) is 16.5. The predicted octanol–water partition coefficient (Wildman–Crippen LogP) is 5.78. The van der Waals surface area contributed by atoms with Crippen molar-refractivity contribution in [3.63, 3.8) is 0 Å². The lowest BCUT2D eigenvalue weighted by atomic mass is 10.1. The minimum atomic E-state index is -3.99. The molecule has 162 valence electrons. The monoisotopic (exact) mass is 496 g/mol. The van der Waals surface area contributed by atoms with Crippen molar-refractivity contribution in [2.24, 2.45) is 0 Å². The van der Waals surface area contributed by atoms with Gasteiger partial charge in [-0.1, -0.05) is 65.1 Å². The number of amides is 1. The Kier molecular flexibility index (Phi) is 7.62. The van der Waals surface area contributed by atoms with E-state index in [-0.39, 0.29) is 27.2 Å². The van der Waals surface area contributed by atoms with Crippen molar-refractivity contribution in [2.75, 3.05) is 11.9 Å². The van der Waals surface area contributed by atoms with Gasteiger partial charge in [-0.25, -0.2) is 8.42 Å². The highest BCUT2D eigenvalue weighted by molar-refractivity contribution is 7.89. The lowest BCUT2D eigenvalue weighted by Crippen LogP contribution is -2.37. The summed E-state index contributed by atoms with van der Waals surface area (Å²) in [6.45, 7) is 1.47. The Balaban J connectivity index is 1.92. The van der Waals surface area contributed by atoms with Crippen LogP contribution in [0.3, 0.4) is 0 Å². The van der Waals surface area contributed by atoms with Crippen LogP contribution in [0.25, 0.3) is 0 Å². The summed E-state index contributed by atoms with van der Waals surface area (Å²) in [6.07, 6.45) is 0. The van der Waals surface area contributed by atoms with Gasteiger partial charge in [-0.15, -0.1) is 0 Å². The molecule has 0 saturated heterocycles. The van der Waals surface area contributed by atoms with Crippen LogP contribution in [0.4, 0.5) is 5.69 Å². The number of hydrogen-bond donors (Lipinski definition) is 1. The summed E-state index contributed by atoms with van der Waals surface area (Å²) in [5.74, 6) is -0.568. The number of para-hydroxylation sites is 1. The highest BCUT2D eigenvalue weighted by Crippen LogP contribution is 2.30. The van der Waals surface area contributed by atoms with E-state index in [1.165, 1.54) is 24.3 Å². The molecule has 0 fully saturated rings. The van der Waals surface area contributed by atoms with E-state index in [0.717, 1.165) is 15.4 Å². The maximum Gasteiger partial charge on any atom is 0.243 e. The smallest absolute Gasteiger partial charge is 0.243 e. The van der Waals surface area contributed by atoms with E-state index in [2.05, 4.69) is 5.32 Å². The van der Waals surface area contributed by atoms with Gasteiger partial charge in [-0.3, -0.25) is 4.79 Å². The highest BCUT2D eigenvalue weighted by Gasteiger charge is 2.28. The number of aryl methyl sites for hydroxylation is 1. The summed E-state index contributed by atoms with van der Waals surface area (Å²) in [5.41, 5.74) is 1.92. The third kappa shape index (κ3) is 5.79. The molecule has 0 unspecified atom stereocenters. The van der Waals surface area contributed by atoms with Gasteiger partial charge in [-0.05, 0) is 54.4 Å². The lowest BCUT2D eigenvalue weighted by molar-refractivity contribution is -0.116. The van der Waals surface area contributed by atoms with E-state index >= 15 is 0 Å². The zero-order chi connectivity index (χ0) is 22.6. The maximum atomic E-state index is 13.3. The number of carbonyl (C=O) groups excluding carboxylic acids is 1. The Morgan fingerprint density at radius 2 is 1.52 bits per heavy atom. The summed E-state index contributed by atoms with van der Waals surface area (Å²) in [7, 11) is -3.99. The summed E-state index contributed by atoms with van der Waals surface area (Å²) >= 11 is 18.1. The lowest BCUT2D eigenvalue weighted by Gasteiger charge is -2.23. The molecular formula is C22H19Cl3N2O3S. The average Bonchev–Trinajstić information content (AvgIpc) is 2.72. The second-order valence-electron chi connectivity index (χ2n) is 6.80. The van der Waals surface area contributed by atoms with Crippen LogP contribution in [0, 0.1) is 6.92 Å². The first kappa shape index (κ1) is 23.6. The largest absolute Gasteiger partial charge is 0.322 e. The van der Waals surface area contributed by atoms with E-state index in [0.29, 0.717) is 5.02 Å². The van der Waals surface area contributed by atoms with E-state index in [4.69, 9.17) is 34.8 Å². The molecule has 0 aliphatic carbocycles. The molecule has 3 rings (SSSR count). The molecule has 0 spiro atoms. The van der Waals surface area contributed by atoms with Crippen molar-refractivity contribution in [3.05, 3.63) is 92.9 Å². The van der Waals surface area contributed by atoms with Gasteiger partial charge in [0, 0.05) is 11.6 Å². The molecule has 0 atom stereocenters. The first-order valence-electron chi connectivity index (χ1n) is 9.22. The number of nitrogens with zero attached hydrogens (tertiary/aromatic N) is 1. The standard InChI is InChI=1S/C22H19Cl3N2O3S/c1-15-5-2-3-6-16(15)13-27(31(29,30)18-11-9-17(23)10-12-18)14-21(28)26-22-19(24)7-4-8-20(22)25/h2-12H,13-14H2,1H3,(H,26,28). The Hall–Kier alpha value is -2.09. The second-order valence-corrected chi connectivity index (χ2v) is 9.99. The average molecular weight is 498 g/mol. The van der Waals surface area contributed by atoms with E-state index in [1.807, 2.05) is 31.2 Å². The molecule has 0 heterocycles. The Bertz CT molecular complexity index is 1180. The number of anilines is 1. The highest BCUT2D eigenvalue weighted by atomic mass is 35.5. The van der Waals surface area contributed by atoms with Gasteiger partial charge in [0.25, 0.3) is 0 Å². The summed E-state index contributed by atoms with van der Waals surface area (Å²) in [4.78, 5) is 12.8. The van der Waals surface area contributed by atoms with Crippen LogP contribution in [0.1, 0.15) is 11.1 Å². The van der Waals surface area contributed by atoms with Crippen molar-refractivity contribution in [3.8, 4) is 0 Å². The third-order valence-corrected chi connectivity index (χ3v) is 7.29. The Labute approximate surface area is 196 Å². The molecule has 0 aliphatic rings. The molecule has 1 amide bonds. The number of sulfonamides is 1. The molecule has 1 N–H and O–H groups in total. The molecule has 3 aromatic carbocycles. The van der Waals surface area contributed by atoms with Gasteiger partial charge in [0.05, 0.1) is 27.2 Å². The molecule has 0 aromatic heterocycles. The fourth-order valence-electron chi connectivity index (χ4n) is 2.92. The van der Waals surface area contributed by atoms with Gasteiger partial charge in [0.2, 0.25) is 15.9 Å². The Morgan fingerprint density at radius 3 is 2.13 bits per heavy atom. The van der Waals surface area contributed by atoms with Crippen molar-refractivity contribution in [1.82, 2.24) is 4.31 Å². The molecule has 0 saturated carbocycles. The van der Waals surface area contributed by atoms with Crippen LogP contribution in [0.5, 0.6) is 0 Å². The summed E-state index contributed by atoms with van der Waals surface area (Å²) in [6, 6.07) is 18.0. The first-order chi connectivity index (χ1) is 14.7. The van der Waals surface area contributed by atoms with Crippen LogP contribution in [0.15, 0.2) is 71.6 Å². The molecule has 0 bridgehead atoms. The molecule has 3 aromatic rings. The van der Waals surface area contributed by atoms with Crippen molar-refractivity contribution < 1.29 is 13.2 Å². The second kappa shape index (κ2) is 10.0. The van der Waals surface area contributed by atoms with Crippen molar-refractivity contribution in [2.45, 2.75) is 18.4 Å². The van der Waals surface area contributed by atoms with Crippen LogP contribution < -0.4 is 5.32 Å². The molecular weight excluding hydrogens is 479 g/mol. The summed E-state index contributed by atoms with van der Waals surface area (Å²) < 4.78 is 27.8. The fourth-order valence-corrected chi connectivity index (χ4v) is 4.91. The minimum Gasteiger partial charge on any atom is -0.322 e. The summed E-state index contributed by atoms with van der Waals surface area (Å²) in [5, 5.41) is 3.54. The number of rotatable bonds is 7. The quantitative estimate of drug-likeness (QED) is 0.449. The van der Waals surface area contributed by atoms with E-state index in [9.17, 15) is 13.2 Å². The van der Waals surface area contributed by atoms with Crippen LogP contribution in [-0.4, -0.2) is 25.2 Å². The number of nitrogens with one attached hydrogen (secondary N) is 1. The number of halogens is 3. The van der Waals surface area contributed by atoms with E-state index < -0.39 is 22.5 Å². The van der Waals surface area contributed by atoms with E-state index in [1.54, 1.807) is 18.2 Å². The molecule has 9 heteroatoms. The normalized spacial score (nSPS) is 11.5. The van der Waals surface area contributed by atoms with Crippen LogP contribution >= 0.6 is 34.8 Å². The zero-order valence-corrected chi connectivity index (χ0v) is 19.6. The predicted molar refractivity (Wildman–Crippen MR) is 125 cm³/mol. The van der Waals surface area contributed by atoms with Crippen LogP contribution in [-0.2, 0) is 21.4 Å². The first-order valence-corrected chi connectivity index (χ1v) is 11.8. The number of benzene rings is 3. The maximum absolute atomic E-state index is 13.3. The topological polar surface area (TPSA) is 66.5 Å². The molecule has 0 aliphatic heterocycles. The van der Waals surface area contributed by atoms with Crippen molar-refractivity contribution in [1.29, 1.82) is 0 Å². The van der Waals surface area contributed by atoms with Crippen molar-refractivity contribution >= 4 is 56.4 Å². The van der Waals surface area contributed by atoms with Gasteiger partial charge < -0.3 is 5.32 Å². The fraction of sp³-hybridized carbons (Fsp3) is 0.136.